The third-order valence-electron chi connectivity index (χ3n) is 2.66. The van der Waals surface area contributed by atoms with Gasteiger partial charge in [0, 0.05) is 31.1 Å². The van der Waals surface area contributed by atoms with Gasteiger partial charge in [-0.3, -0.25) is 14.9 Å². The number of nitrogens with one attached hydrogen (secondary N) is 2. The van der Waals surface area contributed by atoms with Gasteiger partial charge in [0.1, 0.15) is 0 Å². The van der Waals surface area contributed by atoms with Crippen molar-refractivity contribution in [2.24, 2.45) is 0 Å². The minimum absolute atomic E-state index is 0.0245. The van der Waals surface area contributed by atoms with E-state index in [1.54, 1.807) is 18.3 Å². The highest BCUT2D eigenvalue weighted by Gasteiger charge is 2.07. The number of carbonyl (C=O) groups excluding carboxylic acids is 1. The molecule has 0 radical (unpaired) electrons. The minimum Gasteiger partial charge on any atom is -0.367 e. The second kappa shape index (κ2) is 5.81. The van der Waals surface area contributed by atoms with Crippen molar-refractivity contribution in [2.45, 2.75) is 13.0 Å². The molecule has 19 heavy (non-hydrogen) atoms. The summed E-state index contributed by atoms with van der Waals surface area (Å²) in [5.74, 6) is -0.116. The molecule has 2 rings (SSSR count). The Labute approximate surface area is 109 Å². The first-order valence-corrected chi connectivity index (χ1v) is 5.77. The topological polar surface area (TPSA) is 88.0 Å². The molecular formula is C13H13N3O3. The molecule has 98 valence electrons. The van der Waals surface area contributed by atoms with E-state index in [-0.39, 0.29) is 18.0 Å². The SMILES string of the molecule is O=C(Cc1ccc([N+](=O)[O-])cc1)NCc1cc[nH]c1. The maximum absolute atomic E-state index is 11.7. The largest absolute Gasteiger partial charge is 0.367 e. The van der Waals surface area contributed by atoms with Crippen molar-refractivity contribution in [1.29, 1.82) is 0 Å². The van der Waals surface area contributed by atoms with Gasteiger partial charge in [0.05, 0.1) is 11.3 Å². The molecule has 1 amide bonds. The Hall–Kier alpha value is -2.63. The number of aromatic amines is 1. The number of aromatic nitrogens is 1. The average Bonchev–Trinajstić information content (AvgIpc) is 2.90. The van der Waals surface area contributed by atoms with Crippen LogP contribution < -0.4 is 5.32 Å². The summed E-state index contributed by atoms with van der Waals surface area (Å²) in [4.78, 5) is 24.6. The number of H-pyrrole nitrogens is 1. The summed E-state index contributed by atoms with van der Waals surface area (Å²) in [5, 5.41) is 13.3. The Morgan fingerprint density at radius 2 is 1.95 bits per heavy atom. The van der Waals surface area contributed by atoms with Crippen LogP contribution in [0.25, 0.3) is 0 Å². The molecule has 1 aromatic carbocycles. The fourth-order valence-corrected chi connectivity index (χ4v) is 1.65. The van der Waals surface area contributed by atoms with E-state index < -0.39 is 4.92 Å². The van der Waals surface area contributed by atoms with E-state index in [9.17, 15) is 14.9 Å². The molecular weight excluding hydrogens is 246 g/mol. The Balaban J connectivity index is 1.86. The van der Waals surface area contributed by atoms with Gasteiger partial charge in [-0.15, -0.1) is 0 Å². The van der Waals surface area contributed by atoms with Crippen LogP contribution in [0.1, 0.15) is 11.1 Å². The zero-order valence-corrected chi connectivity index (χ0v) is 10.1. The van der Waals surface area contributed by atoms with Gasteiger partial charge in [-0.25, -0.2) is 0 Å². The second-order valence-corrected chi connectivity index (χ2v) is 4.10. The Morgan fingerprint density at radius 3 is 2.53 bits per heavy atom. The van der Waals surface area contributed by atoms with Crippen LogP contribution in [0.3, 0.4) is 0 Å². The lowest BCUT2D eigenvalue weighted by atomic mass is 10.1. The van der Waals surface area contributed by atoms with Crippen molar-refractivity contribution in [3.63, 3.8) is 0 Å². The Bertz CT molecular complexity index is 561. The van der Waals surface area contributed by atoms with E-state index in [0.717, 1.165) is 11.1 Å². The average molecular weight is 259 g/mol. The van der Waals surface area contributed by atoms with Crippen molar-refractivity contribution in [3.8, 4) is 0 Å². The Morgan fingerprint density at radius 1 is 1.21 bits per heavy atom. The van der Waals surface area contributed by atoms with Crippen molar-refractivity contribution in [2.75, 3.05) is 0 Å². The molecule has 0 bridgehead atoms. The molecule has 0 saturated carbocycles. The van der Waals surface area contributed by atoms with E-state index >= 15 is 0 Å². The van der Waals surface area contributed by atoms with E-state index in [0.29, 0.717) is 6.54 Å². The lowest BCUT2D eigenvalue weighted by Gasteiger charge is -2.03. The van der Waals surface area contributed by atoms with Crippen LogP contribution in [-0.2, 0) is 17.8 Å². The molecule has 6 heteroatoms. The summed E-state index contributed by atoms with van der Waals surface area (Å²) in [5.41, 5.74) is 1.77. The van der Waals surface area contributed by atoms with Gasteiger partial charge < -0.3 is 10.3 Å². The van der Waals surface area contributed by atoms with Gasteiger partial charge in [-0.1, -0.05) is 12.1 Å². The van der Waals surface area contributed by atoms with Crippen LogP contribution in [0.5, 0.6) is 0 Å². The van der Waals surface area contributed by atoms with E-state index in [4.69, 9.17) is 0 Å². The number of hydrogen-bond acceptors (Lipinski definition) is 3. The minimum atomic E-state index is -0.463. The molecule has 1 heterocycles. The molecule has 0 aliphatic heterocycles. The highest BCUT2D eigenvalue weighted by molar-refractivity contribution is 5.78. The molecule has 1 aromatic heterocycles. The standard InChI is InChI=1S/C13H13N3O3/c17-13(15-9-11-5-6-14-8-11)7-10-1-3-12(4-2-10)16(18)19/h1-6,8,14H,7,9H2,(H,15,17). The third-order valence-corrected chi connectivity index (χ3v) is 2.66. The fourth-order valence-electron chi connectivity index (χ4n) is 1.65. The van der Waals surface area contributed by atoms with Gasteiger partial charge in [0.2, 0.25) is 5.91 Å². The van der Waals surface area contributed by atoms with Gasteiger partial charge in [-0.05, 0) is 17.2 Å². The van der Waals surface area contributed by atoms with Gasteiger partial charge in [0.25, 0.3) is 5.69 Å². The third kappa shape index (κ3) is 3.67. The van der Waals surface area contributed by atoms with Crippen molar-refractivity contribution < 1.29 is 9.72 Å². The number of non-ortho nitro benzene ring substituents is 1. The lowest BCUT2D eigenvalue weighted by molar-refractivity contribution is -0.384. The summed E-state index contributed by atoms with van der Waals surface area (Å²) in [6.07, 6.45) is 3.81. The summed E-state index contributed by atoms with van der Waals surface area (Å²) in [7, 11) is 0. The molecule has 0 atom stereocenters. The number of nitrogens with zero attached hydrogens (tertiary/aromatic N) is 1. The number of rotatable bonds is 5. The summed E-state index contributed by atoms with van der Waals surface area (Å²) in [6.45, 7) is 0.468. The van der Waals surface area contributed by atoms with Crippen LogP contribution in [0.15, 0.2) is 42.7 Å². The lowest BCUT2D eigenvalue weighted by Crippen LogP contribution is -2.24. The molecule has 0 unspecified atom stereocenters. The molecule has 0 saturated heterocycles. The first-order valence-electron chi connectivity index (χ1n) is 5.77. The normalized spacial score (nSPS) is 10.1. The zero-order chi connectivity index (χ0) is 13.7. The van der Waals surface area contributed by atoms with Gasteiger partial charge in [0.15, 0.2) is 0 Å². The van der Waals surface area contributed by atoms with Gasteiger partial charge >= 0.3 is 0 Å². The van der Waals surface area contributed by atoms with Crippen molar-refractivity contribution >= 4 is 11.6 Å². The maximum Gasteiger partial charge on any atom is 0.269 e. The van der Waals surface area contributed by atoms with Crippen LogP contribution in [0, 0.1) is 10.1 Å². The molecule has 6 nitrogen and oxygen atoms in total. The number of nitro benzene ring substituents is 1. The van der Waals surface area contributed by atoms with Crippen LogP contribution in [-0.4, -0.2) is 15.8 Å². The number of carbonyl (C=O) groups is 1. The molecule has 0 aliphatic carbocycles. The van der Waals surface area contributed by atoms with E-state index in [1.807, 2.05) is 12.3 Å². The van der Waals surface area contributed by atoms with Crippen molar-refractivity contribution in [1.82, 2.24) is 10.3 Å². The zero-order valence-electron chi connectivity index (χ0n) is 10.1. The molecule has 0 spiro atoms. The monoisotopic (exact) mass is 259 g/mol. The first-order chi connectivity index (χ1) is 9.15. The second-order valence-electron chi connectivity index (χ2n) is 4.10. The van der Waals surface area contributed by atoms with Crippen LogP contribution >= 0.6 is 0 Å². The first kappa shape index (κ1) is 12.8. The molecule has 0 aliphatic rings. The summed E-state index contributed by atoms with van der Waals surface area (Å²) < 4.78 is 0. The predicted molar refractivity (Wildman–Crippen MR) is 69.4 cm³/mol. The summed E-state index contributed by atoms with van der Waals surface area (Å²) in [6, 6.07) is 7.86. The quantitative estimate of drug-likeness (QED) is 0.633. The highest BCUT2D eigenvalue weighted by atomic mass is 16.6. The predicted octanol–water partition coefficient (Wildman–Crippen LogP) is 1.78. The maximum atomic E-state index is 11.7. The summed E-state index contributed by atoms with van der Waals surface area (Å²) >= 11 is 0. The van der Waals surface area contributed by atoms with Gasteiger partial charge in [-0.2, -0.15) is 0 Å². The Kier molecular flexibility index (Phi) is 3.92. The number of benzene rings is 1. The molecule has 2 aromatic rings. The molecule has 2 N–H and O–H groups in total. The number of hydrogen-bond donors (Lipinski definition) is 2. The number of nitro groups is 1. The fraction of sp³-hybridized carbons (Fsp3) is 0.154. The molecule has 0 fully saturated rings. The van der Waals surface area contributed by atoms with Crippen molar-refractivity contribution in [3.05, 3.63) is 64.0 Å². The van der Waals surface area contributed by atoms with E-state index in [2.05, 4.69) is 10.3 Å². The van der Waals surface area contributed by atoms with E-state index in [1.165, 1.54) is 12.1 Å². The smallest absolute Gasteiger partial charge is 0.269 e. The number of amides is 1. The van der Waals surface area contributed by atoms with Crippen LogP contribution in [0.2, 0.25) is 0 Å². The highest BCUT2D eigenvalue weighted by Crippen LogP contribution is 2.12. The van der Waals surface area contributed by atoms with Crippen LogP contribution in [0.4, 0.5) is 5.69 Å².